The highest BCUT2D eigenvalue weighted by atomic mass is 127. The molecule has 1 saturated heterocycles. The van der Waals surface area contributed by atoms with Crippen LogP contribution in [-0.4, -0.2) is 45.1 Å². The van der Waals surface area contributed by atoms with Gasteiger partial charge in [0.2, 0.25) is 0 Å². The maximum atomic E-state index is 11.3. The zero-order valence-corrected chi connectivity index (χ0v) is 12.9. The summed E-state index contributed by atoms with van der Waals surface area (Å²) in [5.41, 5.74) is -2.19. The fourth-order valence-electron chi connectivity index (χ4n) is 1.34. The molecule has 0 aliphatic carbocycles. The highest BCUT2D eigenvalue weighted by Gasteiger charge is 2.52. The largest absolute Gasteiger partial charge is 0.508 e. The first-order valence-corrected chi connectivity index (χ1v) is 6.72. The fourth-order valence-corrected chi connectivity index (χ4v) is 1.95. The van der Waals surface area contributed by atoms with E-state index in [1.54, 1.807) is 20.8 Å². The van der Waals surface area contributed by atoms with Crippen LogP contribution in [0.5, 0.6) is 0 Å². The molecule has 1 rings (SSSR count). The van der Waals surface area contributed by atoms with E-state index >= 15 is 0 Å². The molecule has 3 atom stereocenters. The molecule has 1 aliphatic heterocycles. The molecule has 104 valence electrons. The molecule has 7 heteroatoms. The number of esters is 1. The van der Waals surface area contributed by atoms with Crippen molar-refractivity contribution in [2.75, 3.05) is 6.61 Å². The van der Waals surface area contributed by atoms with Gasteiger partial charge in [-0.3, -0.25) is 0 Å². The van der Waals surface area contributed by atoms with Crippen LogP contribution >= 0.6 is 22.6 Å². The van der Waals surface area contributed by atoms with E-state index in [0.29, 0.717) is 0 Å². The summed E-state index contributed by atoms with van der Waals surface area (Å²) in [4.78, 5) is 22.7. The molecular weight excluding hydrogens is 355 g/mol. The first kappa shape index (κ1) is 15.5. The number of rotatable bonds is 2. The SMILES string of the molecule is CC(C)(C)OC(=O)OC[C@H]1OC(=O)[C@@](C)(O)[C@@H]1I. The standard InChI is InChI=1S/C11H17IO6/c1-10(2,3)18-9(14)16-5-6-7(12)11(4,15)8(13)17-6/h6-7,15H,5H2,1-4H3/t6-,7-,11+/m1/s1. The Morgan fingerprint density at radius 2 is 2.11 bits per heavy atom. The Morgan fingerprint density at radius 3 is 2.50 bits per heavy atom. The van der Waals surface area contributed by atoms with Crippen molar-refractivity contribution in [3.8, 4) is 0 Å². The van der Waals surface area contributed by atoms with Crippen LogP contribution in [0.3, 0.4) is 0 Å². The summed E-state index contributed by atoms with van der Waals surface area (Å²) >= 11 is 1.90. The molecule has 18 heavy (non-hydrogen) atoms. The van der Waals surface area contributed by atoms with E-state index in [4.69, 9.17) is 14.2 Å². The third-order valence-corrected chi connectivity index (χ3v) is 4.30. The molecule has 0 saturated carbocycles. The third-order valence-electron chi connectivity index (χ3n) is 2.29. The minimum Gasteiger partial charge on any atom is -0.455 e. The van der Waals surface area contributed by atoms with Gasteiger partial charge in [-0.15, -0.1) is 0 Å². The molecule has 1 fully saturated rings. The monoisotopic (exact) mass is 372 g/mol. The van der Waals surface area contributed by atoms with Gasteiger partial charge in [0.1, 0.15) is 12.2 Å². The minimum atomic E-state index is -1.55. The van der Waals surface area contributed by atoms with Gasteiger partial charge in [-0.25, -0.2) is 9.59 Å². The van der Waals surface area contributed by atoms with Gasteiger partial charge in [-0.2, -0.15) is 0 Å². The minimum absolute atomic E-state index is 0.135. The second-order valence-electron chi connectivity index (χ2n) is 5.27. The number of cyclic esters (lactones) is 1. The van der Waals surface area contributed by atoms with Gasteiger partial charge in [0.05, 0.1) is 3.92 Å². The average molecular weight is 372 g/mol. The summed E-state index contributed by atoms with van der Waals surface area (Å²) in [6.07, 6.45) is -1.49. The number of aliphatic hydroxyl groups is 1. The molecule has 6 nitrogen and oxygen atoms in total. The second kappa shape index (κ2) is 5.20. The Kier molecular flexibility index (Phi) is 4.47. The van der Waals surface area contributed by atoms with Crippen molar-refractivity contribution in [1.82, 2.24) is 0 Å². The van der Waals surface area contributed by atoms with Crippen molar-refractivity contribution >= 4 is 34.7 Å². The number of hydrogen-bond acceptors (Lipinski definition) is 6. The topological polar surface area (TPSA) is 82.1 Å². The highest BCUT2D eigenvalue weighted by molar-refractivity contribution is 14.1. The van der Waals surface area contributed by atoms with Gasteiger partial charge < -0.3 is 19.3 Å². The van der Waals surface area contributed by atoms with Gasteiger partial charge in [0.15, 0.2) is 11.7 Å². The molecule has 0 aromatic heterocycles. The lowest BCUT2D eigenvalue weighted by molar-refractivity contribution is -0.154. The molecule has 0 aromatic carbocycles. The van der Waals surface area contributed by atoms with Crippen LogP contribution in [-0.2, 0) is 19.0 Å². The summed E-state index contributed by atoms with van der Waals surface area (Å²) in [6.45, 7) is 6.39. The van der Waals surface area contributed by atoms with E-state index in [1.807, 2.05) is 22.6 Å². The van der Waals surface area contributed by atoms with Crippen molar-refractivity contribution in [2.24, 2.45) is 0 Å². The van der Waals surface area contributed by atoms with Crippen LogP contribution in [0, 0.1) is 0 Å². The Morgan fingerprint density at radius 1 is 1.56 bits per heavy atom. The van der Waals surface area contributed by atoms with Crippen molar-refractivity contribution < 1.29 is 28.9 Å². The van der Waals surface area contributed by atoms with Gasteiger partial charge in [-0.05, 0) is 27.7 Å². The second-order valence-corrected chi connectivity index (χ2v) is 6.61. The van der Waals surface area contributed by atoms with E-state index in [9.17, 15) is 14.7 Å². The zero-order valence-electron chi connectivity index (χ0n) is 10.7. The van der Waals surface area contributed by atoms with Crippen LogP contribution < -0.4 is 0 Å². The summed E-state index contributed by atoms with van der Waals surface area (Å²) in [5.74, 6) is -0.709. The van der Waals surface area contributed by atoms with E-state index in [0.717, 1.165) is 0 Å². The zero-order chi connectivity index (χ0) is 14.1. The van der Waals surface area contributed by atoms with Gasteiger partial charge in [0, 0.05) is 0 Å². The Hall–Kier alpha value is -0.570. The molecule has 0 bridgehead atoms. The van der Waals surface area contributed by atoms with Crippen molar-refractivity contribution in [1.29, 1.82) is 0 Å². The molecule has 1 N–H and O–H groups in total. The van der Waals surface area contributed by atoms with Crippen LogP contribution in [0.15, 0.2) is 0 Å². The number of ether oxygens (including phenoxy) is 3. The summed E-state index contributed by atoms with van der Waals surface area (Å²) in [7, 11) is 0. The van der Waals surface area contributed by atoms with E-state index in [2.05, 4.69) is 0 Å². The molecule has 1 aliphatic rings. The molecule has 0 unspecified atom stereocenters. The fraction of sp³-hybridized carbons (Fsp3) is 0.818. The highest BCUT2D eigenvalue weighted by Crippen LogP contribution is 2.32. The predicted octanol–water partition coefficient (Wildman–Crippen LogP) is 1.42. The summed E-state index contributed by atoms with van der Waals surface area (Å²) in [5, 5.41) is 9.80. The lowest BCUT2D eigenvalue weighted by Crippen LogP contribution is -2.40. The van der Waals surface area contributed by atoms with E-state index in [1.165, 1.54) is 6.92 Å². The maximum Gasteiger partial charge on any atom is 0.508 e. The predicted molar refractivity (Wildman–Crippen MR) is 70.5 cm³/mol. The van der Waals surface area contributed by atoms with Crippen molar-refractivity contribution in [3.63, 3.8) is 0 Å². The number of carbonyl (C=O) groups is 2. The average Bonchev–Trinajstić information content (AvgIpc) is 2.37. The van der Waals surface area contributed by atoms with Gasteiger partial charge in [-0.1, -0.05) is 22.6 Å². The number of alkyl halides is 1. The lowest BCUT2D eigenvalue weighted by atomic mass is 10.0. The first-order valence-electron chi connectivity index (χ1n) is 5.47. The first-order chi connectivity index (χ1) is 8.04. The van der Waals surface area contributed by atoms with Gasteiger partial charge in [0.25, 0.3) is 0 Å². The number of hydrogen-bond donors (Lipinski definition) is 1. The lowest BCUT2D eigenvalue weighted by Gasteiger charge is -2.21. The van der Waals surface area contributed by atoms with Crippen molar-refractivity contribution in [3.05, 3.63) is 0 Å². The molecular formula is C11H17IO6. The molecule has 1 heterocycles. The van der Waals surface area contributed by atoms with Gasteiger partial charge >= 0.3 is 12.1 Å². The normalized spacial score (nSPS) is 32.0. The molecule has 0 radical (unpaired) electrons. The number of carbonyl (C=O) groups excluding carboxylic acids is 2. The summed E-state index contributed by atoms with van der Waals surface area (Å²) in [6, 6.07) is 0. The molecule has 0 spiro atoms. The maximum absolute atomic E-state index is 11.3. The molecule has 0 aromatic rings. The Balaban J connectivity index is 2.47. The van der Waals surface area contributed by atoms with E-state index in [-0.39, 0.29) is 6.61 Å². The van der Waals surface area contributed by atoms with E-state index < -0.39 is 33.4 Å². The van der Waals surface area contributed by atoms with Crippen LogP contribution in [0.1, 0.15) is 27.7 Å². The van der Waals surface area contributed by atoms with Crippen LogP contribution in [0.2, 0.25) is 0 Å². The number of halogens is 1. The third kappa shape index (κ3) is 3.71. The Labute approximate surface area is 119 Å². The van der Waals surface area contributed by atoms with Crippen molar-refractivity contribution in [2.45, 2.75) is 48.9 Å². The molecule has 0 amide bonds. The van der Waals surface area contributed by atoms with Crippen LogP contribution in [0.25, 0.3) is 0 Å². The summed E-state index contributed by atoms with van der Waals surface area (Å²) < 4.78 is 14.3. The van der Waals surface area contributed by atoms with Crippen LogP contribution in [0.4, 0.5) is 4.79 Å². The quantitative estimate of drug-likeness (QED) is 0.449. The smallest absolute Gasteiger partial charge is 0.455 e. The Bertz CT molecular complexity index is 346.